The molecule has 0 fully saturated rings. The number of aromatic nitrogens is 1. The van der Waals surface area contributed by atoms with Crippen molar-refractivity contribution in [3.8, 4) is 11.3 Å². The van der Waals surface area contributed by atoms with E-state index in [1.807, 2.05) is 18.3 Å². The van der Waals surface area contributed by atoms with Gasteiger partial charge in [-0.05, 0) is 36.6 Å². The van der Waals surface area contributed by atoms with Crippen LogP contribution in [0.15, 0.2) is 72.9 Å². The van der Waals surface area contributed by atoms with Gasteiger partial charge in [-0.15, -0.1) is 0 Å². The van der Waals surface area contributed by atoms with Gasteiger partial charge in [0.25, 0.3) is 0 Å². The maximum atomic E-state index is 4.59. The number of pyridine rings is 1. The van der Waals surface area contributed by atoms with E-state index in [-0.39, 0.29) is 0 Å². The van der Waals surface area contributed by atoms with E-state index in [0.717, 1.165) is 12.1 Å². The van der Waals surface area contributed by atoms with Gasteiger partial charge in [-0.3, -0.25) is 4.98 Å². The molecule has 3 rings (SSSR count). The molecule has 0 saturated heterocycles. The quantitative estimate of drug-likeness (QED) is 0.667. The molecule has 0 radical (unpaired) electrons. The Hall–Kier alpha value is -2.41. The van der Waals surface area contributed by atoms with Gasteiger partial charge in [-0.1, -0.05) is 60.2 Å². The number of hydrogen-bond donors (Lipinski definition) is 0. The van der Waals surface area contributed by atoms with Gasteiger partial charge in [0.15, 0.2) is 0 Å². The Kier molecular flexibility index (Phi) is 3.60. The molecule has 3 aromatic rings. The van der Waals surface area contributed by atoms with E-state index in [4.69, 9.17) is 0 Å². The summed E-state index contributed by atoms with van der Waals surface area (Å²) >= 11 is 0. The van der Waals surface area contributed by atoms with Crippen LogP contribution in [0.25, 0.3) is 11.3 Å². The van der Waals surface area contributed by atoms with Gasteiger partial charge in [0, 0.05) is 11.8 Å². The summed E-state index contributed by atoms with van der Waals surface area (Å²) in [7, 11) is 0. The number of aryl methyl sites for hydroxylation is 1. The Bertz CT molecular complexity index is 702. The van der Waals surface area contributed by atoms with E-state index >= 15 is 0 Å². The topological polar surface area (TPSA) is 12.9 Å². The predicted molar refractivity (Wildman–Crippen MR) is 83.7 cm³/mol. The van der Waals surface area contributed by atoms with Gasteiger partial charge < -0.3 is 0 Å². The van der Waals surface area contributed by atoms with E-state index < -0.39 is 0 Å². The van der Waals surface area contributed by atoms with Gasteiger partial charge in [0.2, 0.25) is 0 Å². The Morgan fingerprint density at radius 2 is 1.70 bits per heavy atom. The lowest BCUT2D eigenvalue weighted by molar-refractivity contribution is 1.15. The molecule has 1 heteroatoms. The number of benzene rings is 2. The van der Waals surface area contributed by atoms with E-state index in [9.17, 15) is 0 Å². The van der Waals surface area contributed by atoms with Crippen LogP contribution in [-0.2, 0) is 6.42 Å². The van der Waals surface area contributed by atoms with Crippen LogP contribution in [-0.4, -0.2) is 4.98 Å². The normalized spacial score (nSPS) is 10.4. The third-order valence-electron chi connectivity index (χ3n) is 3.42. The van der Waals surface area contributed by atoms with Gasteiger partial charge in [0.05, 0.1) is 5.69 Å². The Morgan fingerprint density at radius 3 is 2.50 bits per heavy atom. The van der Waals surface area contributed by atoms with Crippen LogP contribution in [0.2, 0.25) is 0 Å². The number of nitrogens with zero attached hydrogens (tertiary/aromatic N) is 1. The van der Waals surface area contributed by atoms with E-state index in [1.165, 1.54) is 22.3 Å². The summed E-state index contributed by atoms with van der Waals surface area (Å²) in [6.45, 7) is 2.11. The molecule has 2 aromatic carbocycles. The molecule has 1 nitrogen and oxygen atoms in total. The van der Waals surface area contributed by atoms with E-state index in [1.54, 1.807) is 0 Å². The fraction of sp³-hybridized carbons (Fsp3) is 0.105. The predicted octanol–water partition coefficient (Wildman–Crippen LogP) is 4.65. The molecule has 1 aromatic heterocycles. The highest BCUT2D eigenvalue weighted by Crippen LogP contribution is 2.24. The summed E-state index contributed by atoms with van der Waals surface area (Å²) in [5, 5.41) is 0. The largest absolute Gasteiger partial charge is 0.256 e. The van der Waals surface area contributed by atoms with Crippen molar-refractivity contribution in [3.05, 3.63) is 89.6 Å². The summed E-state index contributed by atoms with van der Waals surface area (Å²) in [4.78, 5) is 4.59. The molecule has 0 aliphatic carbocycles. The average molecular weight is 259 g/mol. The molecule has 20 heavy (non-hydrogen) atoms. The maximum Gasteiger partial charge on any atom is 0.0737 e. The van der Waals surface area contributed by atoms with Crippen molar-refractivity contribution in [2.24, 2.45) is 0 Å². The molecule has 0 unspecified atom stereocenters. The fourth-order valence-corrected chi connectivity index (χ4v) is 2.45. The lowest BCUT2D eigenvalue weighted by atomic mass is 9.99. The van der Waals surface area contributed by atoms with E-state index in [0.29, 0.717) is 0 Å². The van der Waals surface area contributed by atoms with Crippen molar-refractivity contribution in [1.82, 2.24) is 4.98 Å². The smallest absolute Gasteiger partial charge is 0.0737 e. The highest BCUT2D eigenvalue weighted by atomic mass is 14.7. The third-order valence-corrected chi connectivity index (χ3v) is 3.42. The summed E-state index contributed by atoms with van der Waals surface area (Å²) in [6.07, 6.45) is 2.78. The Balaban J connectivity index is 2.00. The van der Waals surface area contributed by atoms with Gasteiger partial charge in [0.1, 0.15) is 0 Å². The summed E-state index contributed by atoms with van der Waals surface area (Å²) < 4.78 is 0. The zero-order valence-electron chi connectivity index (χ0n) is 11.6. The summed E-state index contributed by atoms with van der Waals surface area (Å²) in [5.74, 6) is 0. The SMILES string of the molecule is Cc1cccc(-c2ncccc2Cc2ccccc2)c1. The summed E-state index contributed by atoms with van der Waals surface area (Å²) in [6, 6.07) is 23.2. The zero-order valence-corrected chi connectivity index (χ0v) is 11.6. The van der Waals surface area contributed by atoms with Crippen molar-refractivity contribution in [3.63, 3.8) is 0 Å². The van der Waals surface area contributed by atoms with Gasteiger partial charge >= 0.3 is 0 Å². The minimum absolute atomic E-state index is 0.915. The van der Waals surface area contributed by atoms with Gasteiger partial charge in [-0.2, -0.15) is 0 Å². The van der Waals surface area contributed by atoms with Crippen molar-refractivity contribution in [2.45, 2.75) is 13.3 Å². The molecule has 0 amide bonds. The number of rotatable bonds is 3. The second-order valence-electron chi connectivity index (χ2n) is 5.04. The summed E-state index contributed by atoms with van der Waals surface area (Å²) in [5.41, 5.74) is 6.12. The molecule has 0 spiro atoms. The second kappa shape index (κ2) is 5.70. The molecular formula is C19H17N. The molecule has 0 bridgehead atoms. The van der Waals surface area contributed by atoms with Crippen LogP contribution in [0.5, 0.6) is 0 Å². The van der Waals surface area contributed by atoms with Crippen LogP contribution < -0.4 is 0 Å². The minimum Gasteiger partial charge on any atom is -0.256 e. The van der Waals surface area contributed by atoms with E-state index in [2.05, 4.69) is 66.5 Å². The lowest BCUT2D eigenvalue weighted by Crippen LogP contribution is -1.94. The zero-order chi connectivity index (χ0) is 13.8. The molecule has 0 N–H and O–H groups in total. The van der Waals surface area contributed by atoms with Crippen LogP contribution in [0.1, 0.15) is 16.7 Å². The molecule has 0 aliphatic rings. The fourth-order valence-electron chi connectivity index (χ4n) is 2.45. The molecule has 0 atom stereocenters. The first kappa shape index (κ1) is 12.6. The van der Waals surface area contributed by atoms with Crippen molar-refractivity contribution >= 4 is 0 Å². The lowest BCUT2D eigenvalue weighted by Gasteiger charge is -2.09. The second-order valence-corrected chi connectivity index (χ2v) is 5.04. The molecule has 0 aliphatic heterocycles. The van der Waals surface area contributed by atoms with Crippen LogP contribution in [0.3, 0.4) is 0 Å². The molecule has 0 saturated carbocycles. The maximum absolute atomic E-state index is 4.59. The Morgan fingerprint density at radius 1 is 0.850 bits per heavy atom. The number of hydrogen-bond acceptors (Lipinski definition) is 1. The standard InChI is InChI=1S/C19H17N/c1-15-7-5-10-17(13-15)19-18(11-6-12-20-19)14-16-8-3-2-4-9-16/h2-13H,14H2,1H3. The molecular weight excluding hydrogens is 242 g/mol. The van der Waals surface area contributed by atoms with Crippen LogP contribution in [0.4, 0.5) is 0 Å². The Labute approximate surface area is 119 Å². The molecule has 98 valence electrons. The first-order valence-electron chi connectivity index (χ1n) is 6.88. The molecule has 1 heterocycles. The van der Waals surface area contributed by atoms with Crippen molar-refractivity contribution in [1.29, 1.82) is 0 Å². The highest BCUT2D eigenvalue weighted by Gasteiger charge is 2.07. The monoisotopic (exact) mass is 259 g/mol. The highest BCUT2D eigenvalue weighted by molar-refractivity contribution is 5.64. The average Bonchev–Trinajstić information content (AvgIpc) is 2.49. The van der Waals surface area contributed by atoms with Crippen LogP contribution >= 0.6 is 0 Å². The van der Waals surface area contributed by atoms with Crippen LogP contribution in [0, 0.1) is 6.92 Å². The minimum atomic E-state index is 0.915. The first-order chi connectivity index (χ1) is 9.83. The third kappa shape index (κ3) is 2.77. The first-order valence-corrected chi connectivity index (χ1v) is 6.88. The van der Waals surface area contributed by atoms with Crippen molar-refractivity contribution < 1.29 is 0 Å². The van der Waals surface area contributed by atoms with Gasteiger partial charge in [-0.25, -0.2) is 0 Å². The van der Waals surface area contributed by atoms with Crippen molar-refractivity contribution in [2.75, 3.05) is 0 Å².